The van der Waals surface area contributed by atoms with Gasteiger partial charge >= 0.3 is 0 Å². The summed E-state index contributed by atoms with van der Waals surface area (Å²) in [5.74, 6) is 2.55. The van der Waals surface area contributed by atoms with E-state index >= 15 is 0 Å². The van der Waals surface area contributed by atoms with Gasteiger partial charge in [-0.2, -0.15) is 0 Å². The van der Waals surface area contributed by atoms with Gasteiger partial charge in [-0.05, 0) is 25.6 Å². The van der Waals surface area contributed by atoms with E-state index in [1.54, 1.807) is 14.2 Å². The zero-order valence-corrected chi connectivity index (χ0v) is 13.1. The quantitative estimate of drug-likeness (QED) is 0.851. The highest BCUT2D eigenvalue weighted by Crippen LogP contribution is 2.36. The fourth-order valence-electron chi connectivity index (χ4n) is 2.54. The van der Waals surface area contributed by atoms with Crippen LogP contribution < -0.4 is 14.8 Å². The summed E-state index contributed by atoms with van der Waals surface area (Å²) in [6.45, 7) is 5.87. The molecule has 1 aromatic carbocycles. The van der Waals surface area contributed by atoms with Crippen LogP contribution in [0.5, 0.6) is 11.5 Å². The highest BCUT2D eigenvalue weighted by molar-refractivity contribution is 5.49. The molecule has 21 heavy (non-hydrogen) atoms. The number of imidazole rings is 1. The van der Waals surface area contributed by atoms with Crippen molar-refractivity contribution in [1.82, 2.24) is 14.9 Å². The van der Waals surface area contributed by atoms with Gasteiger partial charge in [0, 0.05) is 18.9 Å². The lowest BCUT2D eigenvalue weighted by molar-refractivity contribution is 0.374. The number of rotatable bonds is 7. The van der Waals surface area contributed by atoms with Crippen LogP contribution in [0.25, 0.3) is 0 Å². The molecule has 5 nitrogen and oxygen atoms in total. The van der Waals surface area contributed by atoms with Gasteiger partial charge in [-0.25, -0.2) is 4.98 Å². The van der Waals surface area contributed by atoms with Gasteiger partial charge in [0.1, 0.15) is 17.3 Å². The first-order chi connectivity index (χ1) is 10.3. The fraction of sp³-hybridized carbons (Fsp3) is 0.438. The molecule has 0 aliphatic carbocycles. The average Bonchev–Trinajstić information content (AvgIpc) is 3.00. The summed E-state index contributed by atoms with van der Waals surface area (Å²) in [5.41, 5.74) is 0.977. The predicted octanol–water partition coefficient (Wildman–Crippen LogP) is 2.62. The van der Waals surface area contributed by atoms with Gasteiger partial charge in [0.25, 0.3) is 0 Å². The summed E-state index contributed by atoms with van der Waals surface area (Å²) in [4.78, 5) is 4.52. The third kappa shape index (κ3) is 3.03. The lowest BCUT2D eigenvalue weighted by atomic mass is 10.0. The topological polar surface area (TPSA) is 48.3 Å². The Balaban J connectivity index is 2.57. The Morgan fingerprint density at radius 2 is 1.86 bits per heavy atom. The summed E-state index contributed by atoms with van der Waals surface area (Å²) in [5, 5.41) is 3.48. The van der Waals surface area contributed by atoms with Gasteiger partial charge in [-0.15, -0.1) is 0 Å². The van der Waals surface area contributed by atoms with E-state index in [0.29, 0.717) is 0 Å². The van der Waals surface area contributed by atoms with Crippen LogP contribution in [-0.2, 0) is 6.54 Å². The monoisotopic (exact) mass is 289 g/mol. The lowest BCUT2D eigenvalue weighted by Gasteiger charge is -2.23. The van der Waals surface area contributed by atoms with Crippen LogP contribution in [0.4, 0.5) is 0 Å². The molecule has 1 N–H and O–H groups in total. The Morgan fingerprint density at radius 1 is 1.19 bits per heavy atom. The Kier molecular flexibility index (Phi) is 5.22. The SMILES string of the molecule is CCNC(c1c(OC)cccc1OC)c1nccn1CC. The number of benzene rings is 1. The summed E-state index contributed by atoms with van der Waals surface area (Å²) >= 11 is 0. The van der Waals surface area contributed by atoms with Crippen molar-refractivity contribution in [2.45, 2.75) is 26.4 Å². The first kappa shape index (κ1) is 15.4. The molecule has 1 heterocycles. The summed E-state index contributed by atoms with van der Waals surface area (Å²) in [7, 11) is 3.35. The van der Waals surface area contributed by atoms with Gasteiger partial charge < -0.3 is 19.4 Å². The molecule has 5 heteroatoms. The highest BCUT2D eigenvalue weighted by atomic mass is 16.5. The summed E-state index contributed by atoms with van der Waals surface area (Å²) in [6, 6.07) is 5.75. The van der Waals surface area contributed by atoms with E-state index in [9.17, 15) is 0 Å². The van der Waals surface area contributed by atoms with Crippen LogP contribution in [0.3, 0.4) is 0 Å². The third-order valence-electron chi connectivity index (χ3n) is 3.51. The van der Waals surface area contributed by atoms with E-state index in [1.165, 1.54) is 0 Å². The molecular formula is C16H23N3O2. The maximum Gasteiger partial charge on any atom is 0.130 e. The van der Waals surface area contributed by atoms with Crippen molar-refractivity contribution in [1.29, 1.82) is 0 Å². The highest BCUT2D eigenvalue weighted by Gasteiger charge is 2.25. The van der Waals surface area contributed by atoms with E-state index in [2.05, 4.69) is 28.7 Å². The maximum absolute atomic E-state index is 5.53. The molecule has 0 radical (unpaired) electrons. The van der Waals surface area contributed by atoms with Crippen molar-refractivity contribution in [3.05, 3.63) is 42.0 Å². The molecule has 0 saturated heterocycles. The molecule has 114 valence electrons. The number of methoxy groups -OCH3 is 2. The normalized spacial score (nSPS) is 12.2. The first-order valence-electron chi connectivity index (χ1n) is 7.22. The average molecular weight is 289 g/mol. The van der Waals surface area contributed by atoms with E-state index in [1.807, 2.05) is 30.6 Å². The molecule has 0 bridgehead atoms. The third-order valence-corrected chi connectivity index (χ3v) is 3.51. The molecule has 0 saturated carbocycles. The molecule has 1 atom stereocenters. The number of nitrogens with one attached hydrogen (secondary N) is 1. The second-order valence-electron chi connectivity index (χ2n) is 4.64. The molecule has 1 unspecified atom stereocenters. The first-order valence-corrected chi connectivity index (χ1v) is 7.22. The molecule has 0 fully saturated rings. The molecule has 0 aliphatic heterocycles. The van der Waals surface area contributed by atoms with E-state index in [4.69, 9.17) is 9.47 Å². The van der Waals surface area contributed by atoms with E-state index < -0.39 is 0 Å². The minimum Gasteiger partial charge on any atom is -0.496 e. The summed E-state index contributed by atoms with van der Waals surface area (Å²) in [6.07, 6.45) is 3.81. The predicted molar refractivity (Wildman–Crippen MR) is 83.0 cm³/mol. The second kappa shape index (κ2) is 7.13. The van der Waals surface area contributed by atoms with Crippen LogP contribution in [0.15, 0.2) is 30.6 Å². The van der Waals surface area contributed by atoms with Crippen molar-refractivity contribution in [2.75, 3.05) is 20.8 Å². The van der Waals surface area contributed by atoms with Gasteiger partial charge in [0.2, 0.25) is 0 Å². The van der Waals surface area contributed by atoms with Crippen molar-refractivity contribution < 1.29 is 9.47 Å². The number of hydrogen-bond donors (Lipinski definition) is 1. The molecule has 0 amide bonds. The lowest BCUT2D eigenvalue weighted by Crippen LogP contribution is -2.26. The van der Waals surface area contributed by atoms with Gasteiger partial charge in [0.15, 0.2) is 0 Å². The smallest absolute Gasteiger partial charge is 0.130 e. The zero-order valence-electron chi connectivity index (χ0n) is 13.1. The van der Waals surface area contributed by atoms with Crippen LogP contribution in [-0.4, -0.2) is 30.3 Å². The molecular weight excluding hydrogens is 266 g/mol. The number of aromatic nitrogens is 2. The fourth-order valence-corrected chi connectivity index (χ4v) is 2.54. The summed E-state index contributed by atoms with van der Waals surface area (Å²) < 4.78 is 13.2. The maximum atomic E-state index is 5.53. The van der Waals surface area contributed by atoms with Gasteiger partial charge in [-0.3, -0.25) is 0 Å². The largest absolute Gasteiger partial charge is 0.496 e. The van der Waals surface area contributed by atoms with Crippen molar-refractivity contribution in [3.63, 3.8) is 0 Å². The number of nitrogens with zero attached hydrogens (tertiary/aromatic N) is 2. The Hall–Kier alpha value is -2.01. The Bertz CT molecular complexity index is 558. The second-order valence-corrected chi connectivity index (χ2v) is 4.64. The zero-order chi connectivity index (χ0) is 15.2. The Labute approximate surface area is 125 Å². The molecule has 2 aromatic rings. The van der Waals surface area contributed by atoms with E-state index in [0.717, 1.165) is 36.0 Å². The van der Waals surface area contributed by atoms with Crippen LogP contribution >= 0.6 is 0 Å². The molecule has 2 rings (SSSR count). The van der Waals surface area contributed by atoms with Crippen molar-refractivity contribution >= 4 is 0 Å². The minimum absolute atomic E-state index is 0.0731. The molecule has 0 spiro atoms. The number of hydrogen-bond acceptors (Lipinski definition) is 4. The molecule has 1 aromatic heterocycles. The minimum atomic E-state index is -0.0731. The van der Waals surface area contributed by atoms with Crippen LogP contribution in [0.1, 0.15) is 31.3 Å². The van der Waals surface area contributed by atoms with Crippen molar-refractivity contribution in [3.8, 4) is 11.5 Å². The Morgan fingerprint density at radius 3 is 2.38 bits per heavy atom. The van der Waals surface area contributed by atoms with Gasteiger partial charge in [0.05, 0.1) is 25.8 Å². The van der Waals surface area contributed by atoms with E-state index in [-0.39, 0.29) is 6.04 Å². The van der Waals surface area contributed by atoms with Crippen LogP contribution in [0, 0.1) is 0 Å². The van der Waals surface area contributed by atoms with Crippen LogP contribution in [0.2, 0.25) is 0 Å². The van der Waals surface area contributed by atoms with Gasteiger partial charge in [-0.1, -0.05) is 13.0 Å². The number of ether oxygens (including phenoxy) is 2. The number of aryl methyl sites for hydroxylation is 1. The van der Waals surface area contributed by atoms with Crippen molar-refractivity contribution in [2.24, 2.45) is 0 Å². The standard InChI is InChI=1S/C16H23N3O2/c1-5-17-15(16-18-10-11-19(16)6-2)14-12(20-3)8-7-9-13(14)21-4/h7-11,15,17H,5-6H2,1-4H3. The molecule has 0 aliphatic rings.